The van der Waals surface area contributed by atoms with Crippen molar-refractivity contribution in [2.24, 2.45) is 0 Å². The van der Waals surface area contributed by atoms with E-state index < -0.39 is 23.7 Å². The highest BCUT2D eigenvalue weighted by atomic mass is 16.6. The molecule has 1 saturated carbocycles. The highest BCUT2D eigenvalue weighted by molar-refractivity contribution is 6.04. The molecule has 15 nitrogen and oxygen atoms in total. The Hall–Kier alpha value is -6.38. The summed E-state index contributed by atoms with van der Waals surface area (Å²) in [6.45, 7) is 7.72. The van der Waals surface area contributed by atoms with Crippen molar-refractivity contribution in [3.63, 3.8) is 0 Å². The molecule has 6 rings (SSSR count). The lowest BCUT2D eigenvalue weighted by Gasteiger charge is -2.43. The van der Waals surface area contributed by atoms with Gasteiger partial charge in [-0.25, -0.2) is 14.6 Å². The monoisotopic (exact) mass is 821 g/mol. The third-order valence-corrected chi connectivity index (χ3v) is 10.4. The third kappa shape index (κ3) is 11.0. The predicted octanol–water partition coefficient (Wildman–Crippen LogP) is 7.07. The molecule has 318 valence electrons. The first-order valence-corrected chi connectivity index (χ1v) is 20.4. The summed E-state index contributed by atoms with van der Waals surface area (Å²) in [4.78, 5) is 65.3. The van der Waals surface area contributed by atoms with Gasteiger partial charge in [-0.1, -0.05) is 62.2 Å². The van der Waals surface area contributed by atoms with E-state index in [0.29, 0.717) is 40.8 Å². The van der Waals surface area contributed by atoms with Crippen molar-refractivity contribution in [3.8, 4) is 11.5 Å². The summed E-state index contributed by atoms with van der Waals surface area (Å²) in [6.07, 6.45) is 6.06. The van der Waals surface area contributed by atoms with Crippen LogP contribution in [-0.4, -0.2) is 78.3 Å². The second-order valence-corrected chi connectivity index (χ2v) is 15.9. The maximum atomic E-state index is 13.3. The smallest absolute Gasteiger partial charge is 0.408 e. The van der Waals surface area contributed by atoms with Crippen LogP contribution < -0.4 is 35.2 Å². The molecule has 15 heteroatoms. The maximum Gasteiger partial charge on any atom is 0.408 e. The van der Waals surface area contributed by atoms with Crippen molar-refractivity contribution in [3.05, 3.63) is 95.7 Å². The number of hydrogen-bond donors (Lipinski definition) is 3. The van der Waals surface area contributed by atoms with Crippen LogP contribution in [-0.2, 0) is 32.2 Å². The molecule has 1 aromatic heterocycles. The van der Waals surface area contributed by atoms with Crippen LogP contribution in [0.15, 0.2) is 79.0 Å². The van der Waals surface area contributed by atoms with Crippen LogP contribution in [0, 0.1) is 0 Å². The van der Waals surface area contributed by atoms with Gasteiger partial charge in [0.15, 0.2) is 5.82 Å². The van der Waals surface area contributed by atoms with Crippen LogP contribution in [0.3, 0.4) is 0 Å². The average Bonchev–Trinajstić information content (AvgIpc) is 3.78. The average molecular weight is 822 g/mol. The summed E-state index contributed by atoms with van der Waals surface area (Å²) in [5.74, 6) is 1.24. The zero-order valence-corrected chi connectivity index (χ0v) is 35.2. The predicted molar refractivity (Wildman–Crippen MR) is 228 cm³/mol. The minimum absolute atomic E-state index is 0.0518. The van der Waals surface area contributed by atoms with Gasteiger partial charge < -0.3 is 44.7 Å². The zero-order valence-electron chi connectivity index (χ0n) is 35.2. The number of aromatic nitrogens is 2. The molecule has 0 spiro atoms. The molecule has 60 heavy (non-hydrogen) atoms. The first-order chi connectivity index (χ1) is 28.8. The minimum atomic E-state index is -0.987. The van der Waals surface area contributed by atoms with Crippen LogP contribution in [0.1, 0.15) is 87.7 Å². The highest BCUT2D eigenvalue weighted by Gasteiger charge is 2.41. The summed E-state index contributed by atoms with van der Waals surface area (Å²) >= 11 is 0. The van der Waals surface area contributed by atoms with Gasteiger partial charge in [-0.3, -0.25) is 9.59 Å². The number of likely N-dealkylation sites (N-methyl/N-ethyl adjacent to an activating group) is 1. The Balaban J connectivity index is 1.02. The van der Waals surface area contributed by atoms with Crippen LogP contribution in [0.4, 0.5) is 27.9 Å². The van der Waals surface area contributed by atoms with E-state index in [9.17, 15) is 19.2 Å². The van der Waals surface area contributed by atoms with Crippen LogP contribution in [0.2, 0.25) is 0 Å². The van der Waals surface area contributed by atoms with E-state index in [1.165, 1.54) is 7.11 Å². The fourth-order valence-electron chi connectivity index (χ4n) is 7.31. The van der Waals surface area contributed by atoms with E-state index in [4.69, 9.17) is 23.9 Å². The van der Waals surface area contributed by atoms with E-state index in [1.807, 2.05) is 49.4 Å². The molecular weight excluding hydrogens is 767 g/mol. The Morgan fingerprint density at radius 3 is 2.38 bits per heavy atom. The van der Waals surface area contributed by atoms with Crippen LogP contribution >= 0.6 is 0 Å². The molecule has 3 N–H and O–H groups in total. The molecule has 3 aromatic carbocycles. The largest absolute Gasteiger partial charge is 0.495 e. The highest BCUT2D eigenvalue weighted by Crippen LogP contribution is 2.40. The zero-order chi connectivity index (χ0) is 42.8. The summed E-state index contributed by atoms with van der Waals surface area (Å²) in [6, 6.07) is 20.5. The summed E-state index contributed by atoms with van der Waals surface area (Å²) in [5, 5.41) is 8.81. The number of nitrogens with zero attached hydrogens (tertiary/aromatic N) is 4. The molecule has 2 atom stereocenters. The Morgan fingerprint density at radius 2 is 1.70 bits per heavy atom. The molecule has 0 unspecified atom stereocenters. The number of alkyl carbamates (subject to hydrolysis) is 1. The van der Waals surface area contributed by atoms with E-state index in [-0.39, 0.29) is 50.1 Å². The van der Waals surface area contributed by atoms with Crippen LogP contribution in [0.25, 0.3) is 0 Å². The molecule has 1 aliphatic heterocycles. The second kappa shape index (κ2) is 19.6. The fraction of sp³-hybridized carbons (Fsp3) is 0.422. The molecular formula is C45H55N7O8. The number of hydrogen-bond acceptors (Lipinski definition) is 12. The quantitative estimate of drug-likeness (QED) is 0.0984. The van der Waals surface area contributed by atoms with Gasteiger partial charge in [0.05, 0.1) is 25.6 Å². The lowest BCUT2D eigenvalue weighted by atomic mass is 10.0. The Labute approximate surface area is 351 Å². The fourth-order valence-corrected chi connectivity index (χ4v) is 7.31. The van der Waals surface area contributed by atoms with E-state index in [2.05, 4.69) is 25.8 Å². The Kier molecular flexibility index (Phi) is 14.1. The number of amides is 3. The number of nitrogens with one attached hydrogen (secondary N) is 3. The van der Waals surface area contributed by atoms with Gasteiger partial charge in [0, 0.05) is 31.6 Å². The van der Waals surface area contributed by atoms with Gasteiger partial charge in [-0.2, -0.15) is 4.98 Å². The van der Waals surface area contributed by atoms with Crippen molar-refractivity contribution in [1.82, 2.24) is 20.6 Å². The molecule has 0 radical (unpaired) electrons. The van der Waals surface area contributed by atoms with Crippen molar-refractivity contribution in [1.29, 1.82) is 0 Å². The molecule has 0 bridgehead atoms. The first kappa shape index (κ1) is 43.2. The number of methoxy groups -OCH3 is 1. The summed E-state index contributed by atoms with van der Waals surface area (Å²) < 4.78 is 22.4. The topological polar surface area (TPSA) is 174 Å². The van der Waals surface area contributed by atoms with E-state index >= 15 is 0 Å². The van der Waals surface area contributed by atoms with Crippen molar-refractivity contribution in [2.45, 2.75) is 103 Å². The van der Waals surface area contributed by atoms with Crippen LogP contribution in [0.5, 0.6) is 11.5 Å². The number of anilines is 4. The van der Waals surface area contributed by atoms with Crippen molar-refractivity contribution >= 4 is 47.0 Å². The number of carbonyl (C=O) groups is 4. The molecule has 4 aromatic rings. The second-order valence-electron chi connectivity index (χ2n) is 15.9. The van der Waals surface area contributed by atoms with Gasteiger partial charge in [0.25, 0.3) is 5.91 Å². The van der Waals surface area contributed by atoms with Gasteiger partial charge >= 0.3 is 12.1 Å². The van der Waals surface area contributed by atoms with Gasteiger partial charge in [-0.15, -0.1) is 0 Å². The van der Waals surface area contributed by atoms with Gasteiger partial charge in [-0.05, 0) is 81.5 Å². The number of rotatable bonds is 16. The number of ether oxygens (including phenoxy) is 4. The lowest BCUT2D eigenvalue weighted by Crippen LogP contribution is -2.55. The van der Waals surface area contributed by atoms with Crippen molar-refractivity contribution < 1.29 is 38.1 Å². The summed E-state index contributed by atoms with van der Waals surface area (Å²) in [7, 11) is 3.30. The first-order valence-electron chi connectivity index (χ1n) is 20.4. The molecule has 1 aliphatic carbocycles. The minimum Gasteiger partial charge on any atom is -0.495 e. The third-order valence-electron chi connectivity index (χ3n) is 10.4. The standard InChI is InChI=1S/C45H55N7O8/c1-7-36-41(54)51(5)37-27-47-43(50-39(37)52(36)32-15-11-12-16-32)48-34-22-19-31(25-38(34)57-6)40(53)46-26-29-17-20-33(21-18-29)58-24-23-35(42(55)60-45(2,3)4)49-44(56)59-28-30-13-9-8-10-14-30/h8-10,13-14,17-22,25,27,32,35-36H,7,11-12,15-16,23-24,26,28H2,1-6H3,(H,46,53)(H,49,56)(H,47,48,50)/t35-,36+/m0/s1. The van der Waals surface area contributed by atoms with Gasteiger partial charge in [0.2, 0.25) is 11.9 Å². The normalized spacial score (nSPS) is 15.8. The van der Waals surface area contributed by atoms with Crippen molar-refractivity contribution in [2.75, 3.05) is 35.9 Å². The number of esters is 1. The molecule has 2 heterocycles. The number of fused-ring (bicyclic) bond motifs is 1. The Bertz CT molecular complexity index is 2120. The Morgan fingerprint density at radius 1 is 0.967 bits per heavy atom. The van der Waals surface area contributed by atoms with Gasteiger partial charge in [0.1, 0.15) is 41.5 Å². The molecule has 1 fully saturated rings. The molecule has 0 saturated heterocycles. The summed E-state index contributed by atoms with van der Waals surface area (Å²) in [5.41, 5.74) is 2.57. The SMILES string of the molecule is CC[C@@H]1C(=O)N(C)c2cnc(Nc3ccc(C(=O)NCc4ccc(OCC[C@H](NC(=O)OCc5ccccc5)C(=O)OC(C)(C)C)cc4)cc3OC)nc2N1C1CCCC1. The van der Waals surface area contributed by atoms with E-state index in [0.717, 1.165) is 42.6 Å². The molecule has 2 aliphatic rings. The molecule has 3 amide bonds. The maximum absolute atomic E-state index is 13.3. The lowest BCUT2D eigenvalue weighted by molar-refractivity contribution is -0.157. The number of carbonyl (C=O) groups excluding carboxylic acids is 4. The van der Waals surface area contributed by atoms with E-state index in [1.54, 1.807) is 69.2 Å². The number of benzene rings is 3.